The minimum atomic E-state index is 0.00417. The van der Waals surface area contributed by atoms with Crippen LogP contribution in [0, 0.1) is 5.41 Å². The average Bonchev–Trinajstić information content (AvgIpc) is 2.45. The second-order valence-corrected chi connectivity index (χ2v) is 6.33. The maximum absolute atomic E-state index is 12.6. The molecule has 0 N–H and O–H groups in total. The molecular weight excluding hydrogens is 248 g/mol. The second-order valence-electron chi connectivity index (χ2n) is 6.33. The van der Waals surface area contributed by atoms with Gasteiger partial charge >= 0.3 is 0 Å². The Labute approximate surface area is 120 Å². The van der Waals surface area contributed by atoms with Crippen LogP contribution in [0.5, 0.6) is 0 Å². The molecule has 0 aromatic heterocycles. The van der Waals surface area contributed by atoms with Crippen molar-refractivity contribution in [3.63, 3.8) is 0 Å². The molecule has 0 saturated carbocycles. The smallest absolute Gasteiger partial charge is 0.190 e. The quantitative estimate of drug-likeness (QED) is 0.801. The van der Waals surface area contributed by atoms with Gasteiger partial charge in [-0.1, -0.05) is 51.5 Å². The van der Waals surface area contributed by atoms with Crippen LogP contribution >= 0.6 is 0 Å². The van der Waals surface area contributed by atoms with Gasteiger partial charge in [0.05, 0.1) is 0 Å². The Bertz CT molecular complexity index is 591. The third-order valence-electron chi connectivity index (χ3n) is 4.49. The maximum atomic E-state index is 12.6. The van der Waals surface area contributed by atoms with Crippen molar-refractivity contribution in [3.8, 4) is 0 Å². The number of rotatable bonds is 4. The van der Waals surface area contributed by atoms with E-state index in [9.17, 15) is 9.59 Å². The summed E-state index contributed by atoms with van der Waals surface area (Å²) >= 11 is 0. The Kier molecular flexibility index (Phi) is 3.94. The number of carbonyl (C=O) groups excluding carboxylic acids is 2. The van der Waals surface area contributed by atoms with Gasteiger partial charge in [-0.3, -0.25) is 9.59 Å². The first-order valence-electron chi connectivity index (χ1n) is 7.25. The first kappa shape index (κ1) is 14.7. The Morgan fingerprint density at radius 2 is 1.55 bits per heavy atom. The lowest BCUT2D eigenvalue weighted by atomic mass is 9.78. The summed E-state index contributed by atoms with van der Waals surface area (Å²) in [4.78, 5) is 24.9. The molecule has 0 atom stereocenters. The fraction of sp³-hybridized carbons (Fsp3) is 0.444. The van der Waals surface area contributed by atoms with E-state index < -0.39 is 0 Å². The highest BCUT2D eigenvalue weighted by atomic mass is 16.1. The second kappa shape index (κ2) is 5.35. The molecule has 0 bridgehead atoms. The van der Waals surface area contributed by atoms with Crippen molar-refractivity contribution >= 4 is 11.6 Å². The van der Waals surface area contributed by atoms with Gasteiger partial charge in [0.2, 0.25) is 0 Å². The number of hydrogen-bond donors (Lipinski definition) is 0. The molecule has 0 heterocycles. The summed E-state index contributed by atoms with van der Waals surface area (Å²) in [6, 6.07) is 7.12. The maximum Gasteiger partial charge on any atom is 0.190 e. The third kappa shape index (κ3) is 2.60. The van der Waals surface area contributed by atoms with E-state index in [-0.39, 0.29) is 17.0 Å². The lowest BCUT2D eigenvalue weighted by Crippen LogP contribution is -2.22. The van der Waals surface area contributed by atoms with E-state index in [4.69, 9.17) is 0 Å². The Morgan fingerprint density at radius 1 is 1.00 bits per heavy atom. The van der Waals surface area contributed by atoms with Gasteiger partial charge in [-0.25, -0.2) is 0 Å². The molecule has 20 heavy (non-hydrogen) atoms. The van der Waals surface area contributed by atoms with Gasteiger partial charge in [0.25, 0.3) is 0 Å². The lowest BCUT2D eigenvalue weighted by molar-refractivity contribution is 0.0970. The molecule has 0 amide bonds. The van der Waals surface area contributed by atoms with E-state index in [2.05, 4.69) is 20.8 Å². The van der Waals surface area contributed by atoms with Gasteiger partial charge in [0.1, 0.15) is 0 Å². The zero-order valence-electron chi connectivity index (χ0n) is 12.7. The molecule has 1 aliphatic rings. The molecule has 0 aliphatic heterocycles. The van der Waals surface area contributed by atoms with Crippen molar-refractivity contribution in [1.29, 1.82) is 0 Å². The first-order chi connectivity index (χ1) is 9.37. The number of allylic oxidation sites excluding steroid dienone is 2. The Morgan fingerprint density at radius 3 is 2.10 bits per heavy atom. The molecule has 1 aliphatic carbocycles. The van der Waals surface area contributed by atoms with E-state index in [1.54, 1.807) is 19.1 Å². The van der Waals surface area contributed by atoms with Crippen LogP contribution in [0.3, 0.4) is 0 Å². The van der Waals surface area contributed by atoms with Gasteiger partial charge < -0.3 is 0 Å². The Hall–Kier alpha value is -1.70. The summed E-state index contributed by atoms with van der Waals surface area (Å²) in [5.74, 6) is 0.0362. The van der Waals surface area contributed by atoms with Crippen molar-refractivity contribution in [3.05, 3.63) is 46.5 Å². The van der Waals surface area contributed by atoms with Crippen LogP contribution in [0.1, 0.15) is 67.7 Å². The molecule has 1 aromatic carbocycles. The topological polar surface area (TPSA) is 34.1 Å². The molecule has 0 fully saturated rings. The fourth-order valence-electron chi connectivity index (χ4n) is 2.49. The van der Waals surface area contributed by atoms with E-state index >= 15 is 0 Å². The van der Waals surface area contributed by atoms with Gasteiger partial charge in [-0.2, -0.15) is 0 Å². The van der Waals surface area contributed by atoms with Gasteiger partial charge in [0, 0.05) is 22.3 Å². The van der Waals surface area contributed by atoms with E-state index in [1.165, 1.54) is 0 Å². The molecule has 2 nitrogen and oxygen atoms in total. The molecule has 0 saturated heterocycles. The first-order valence-corrected chi connectivity index (χ1v) is 7.25. The number of benzene rings is 1. The van der Waals surface area contributed by atoms with Crippen molar-refractivity contribution in [1.82, 2.24) is 0 Å². The lowest BCUT2D eigenvalue weighted by Gasteiger charge is -2.25. The fourth-order valence-corrected chi connectivity index (χ4v) is 2.49. The van der Waals surface area contributed by atoms with Crippen molar-refractivity contribution in [2.75, 3.05) is 0 Å². The SMILES string of the molecule is CCC(C)(C)CCC1=C(C)C(=O)c2ccccc2C1=O. The third-order valence-corrected chi connectivity index (χ3v) is 4.49. The predicted octanol–water partition coefficient (Wildman–Crippen LogP) is 4.60. The minimum absolute atomic E-state index is 0.00417. The van der Waals surface area contributed by atoms with Crippen LogP contribution in [0.4, 0.5) is 0 Å². The molecule has 106 valence electrons. The Balaban J connectivity index is 2.33. The van der Waals surface area contributed by atoms with Crippen molar-refractivity contribution < 1.29 is 9.59 Å². The van der Waals surface area contributed by atoms with E-state index in [1.807, 2.05) is 12.1 Å². The molecule has 0 radical (unpaired) electrons. The van der Waals surface area contributed by atoms with E-state index in [0.717, 1.165) is 12.8 Å². The van der Waals surface area contributed by atoms with Crippen LogP contribution in [-0.2, 0) is 0 Å². The average molecular weight is 270 g/mol. The monoisotopic (exact) mass is 270 g/mol. The standard InChI is InChI=1S/C18H22O2/c1-5-18(3,4)11-10-13-12(2)16(19)14-8-6-7-9-15(14)17(13)20/h6-9H,5,10-11H2,1-4H3. The molecule has 0 spiro atoms. The van der Waals surface area contributed by atoms with Crippen molar-refractivity contribution in [2.45, 2.75) is 47.0 Å². The molecular formula is C18H22O2. The van der Waals surface area contributed by atoms with Crippen LogP contribution < -0.4 is 0 Å². The highest BCUT2D eigenvalue weighted by Crippen LogP contribution is 2.33. The largest absolute Gasteiger partial charge is 0.289 e. The van der Waals surface area contributed by atoms with Crippen LogP contribution in [-0.4, -0.2) is 11.6 Å². The molecule has 1 aromatic rings. The molecule has 2 rings (SSSR count). The number of hydrogen-bond acceptors (Lipinski definition) is 2. The highest BCUT2D eigenvalue weighted by molar-refractivity contribution is 6.26. The number of Topliss-reactive ketones (excluding diaryl/α,β-unsaturated/α-hetero) is 2. The predicted molar refractivity (Wildman–Crippen MR) is 81.1 cm³/mol. The zero-order valence-corrected chi connectivity index (χ0v) is 12.7. The summed E-state index contributed by atoms with van der Waals surface area (Å²) in [5, 5.41) is 0. The highest BCUT2D eigenvalue weighted by Gasteiger charge is 2.30. The molecule has 2 heteroatoms. The van der Waals surface area contributed by atoms with Gasteiger partial charge in [0.15, 0.2) is 11.6 Å². The number of carbonyl (C=O) groups is 2. The molecule has 0 unspecified atom stereocenters. The van der Waals surface area contributed by atoms with Crippen LogP contribution in [0.25, 0.3) is 0 Å². The summed E-state index contributed by atoms with van der Waals surface area (Å²) in [5.41, 5.74) is 2.64. The number of ketones is 2. The van der Waals surface area contributed by atoms with Crippen LogP contribution in [0.2, 0.25) is 0 Å². The van der Waals surface area contributed by atoms with Gasteiger partial charge in [-0.05, 0) is 25.2 Å². The summed E-state index contributed by atoms with van der Waals surface area (Å²) in [6.45, 7) is 8.34. The van der Waals surface area contributed by atoms with Crippen LogP contribution in [0.15, 0.2) is 35.4 Å². The summed E-state index contributed by atoms with van der Waals surface area (Å²) in [7, 11) is 0. The van der Waals surface area contributed by atoms with E-state index in [0.29, 0.717) is 28.7 Å². The van der Waals surface area contributed by atoms with Gasteiger partial charge in [-0.15, -0.1) is 0 Å². The summed E-state index contributed by atoms with van der Waals surface area (Å²) < 4.78 is 0. The minimum Gasteiger partial charge on any atom is -0.289 e. The van der Waals surface area contributed by atoms with Crippen molar-refractivity contribution in [2.24, 2.45) is 5.41 Å². The zero-order chi connectivity index (χ0) is 14.9. The number of fused-ring (bicyclic) bond motifs is 1. The summed E-state index contributed by atoms with van der Waals surface area (Å²) in [6.07, 6.45) is 2.68. The normalized spacial score (nSPS) is 15.6.